The van der Waals surface area contributed by atoms with E-state index in [0.29, 0.717) is 17.5 Å². The van der Waals surface area contributed by atoms with E-state index in [4.69, 9.17) is 18.9 Å². The molecule has 0 saturated heterocycles. The van der Waals surface area contributed by atoms with Crippen LogP contribution in [0.25, 0.3) is 11.3 Å². The first-order chi connectivity index (χ1) is 14.1. The number of carbonyl (C=O) groups excluding carboxylic acids is 2. The summed E-state index contributed by atoms with van der Waals surface area (Å²) >= 11 is 0. The summed E-state index contributed by atoms with van der Waals surface area (Å²) in [5.74, 6) is 0.657. The molecule has 0 aliphatic rings. The number of aromatic nitrogens is 1. The molecule has 0 fully saturated rings. The number of benzene rings is 2. The highest BCUT2D eigenvalue weighted by Gasteiger charge is 2.19. The number of pyridine rings is 1. The van der Waals surface area contributed by atoms with E-state index in [2.05, 4.69) is 4.98 Å². The van der Waals surface area contributed by atoms with Crippen LogP contribution in [0.2, 0.25) is 0 Å². The van der Waals surface area contributed by atoms with E-state index in [9.17, 15) is 9.59 Å². The normalized spacial score (nSPS) is 10.2. The lowest BCUT2D eigenvalue weighted by Gasteiger charge is -2.12. The Bertz CT molecular complexity index is 1030. The van der Waals surface area contributed by atoms with Gasteiger partial charge in [-0.05, 0) is 54.6 Å². The molecule has 29 heavy (non-hydrogen) atoms. The fourth-order valence-electron chi connectivity index (χ4n) is 2.67. The van der Waals surface area contributed by atoms with Gasteiger partial charge in [0.25, 0.3) is 0 Å². The predicted molar refractivity (Wildman–Crippen MR) is 106 cm³/mol. The lowest BCUT2D eigenvalue weighted by molar-refractivity contribution is 0.0725. The minimum absolute atomic E-state index is 0.131. The second kappa shape index (κ2) is 8.88. The second-order valence-corrected chi connectivity index (χ2v) is 5.90. The average Bonchev–Trinajstić information content (AvgIpc) is 2.78. The lowest BCUT2D eigenvalue weighted by Crippen LogP contribution is -2.12. The molecule has 0 aliphatic heterocycles. The van der Waals surface area contributed by atoms with Crippen LogP contribution in [0.4, 0.5) is 0 Å². The summed E-state index contributed by atoms with van der Waals surface area (Å²) in [6, 6.07) is 15.1. The number of ether oxygens (including phenoxy) is 4. The minimum atomic E-state index is -0.659. The van der Waals surface area contributed by atoms with Crippen LogP contribution < -0.4 is 18.9 Å². The molecule has 7 nitrogen and oxygen atoms in total. The Morgan fingerprint density at radius 3 is 2.24 bits per heavy atom. The van der Waals surface area contributed by atoms with Crippen molar-refractivity contribution in [1.82, 2.24) is 4.98 Å². The van der Waals surface area contributed by atoms with Gasteiger partial charge in [-0.2, -0.15) is 0 Å². The number of hydrogen-bond acceptors (Lipinski definition) is 7. The molecule has 3 aromatic rings. The van der Waals surface area contributed by atoms with E-state index in [1.54, 1.807) is 19.2 Å². The molecule has 1 heterocycles. The monoisotopic (exact) mass is 393 g/mol. The molecule has 0 radical (unpaired) electrons. The molecule has 7 heteroatoms. The average molecular weight is 393 g/mol. The van der Waals surface area contributed by atoms with Crippen molar-refractivity contribution in [1.29, 1.82) is 0 Å². The van der Waals surface area contributed by atoms with Gasteiger partial charge in [-0.15, -0.1) is 0 Å². The maximum atomic E-state index is 12.7. The second-order valence-electron chi connectivity index (χ2n) is 5.90. The summed E-state index contributed by atoms with van der Waals surface area (Å²) in [7, 11) is 4.45. The zero-order chi connectivity index (χ0) is 20.8. The summed E-state index contributed by atoms with van der Waals surface area (Å²) in [6.07, 6.45) is 0.680. The van der Waals surface area contributed by atoms with Crippen molar-refractivity contribution in [2.24, 2.45) is 0 Å². The van der Waals surface area contributed by atoms with Gasteiger partial charge in [-0.3, -0.25) is 4.79 Å². The number of aldehydes is 1. The number of hydrogen-bond donors (Lipinski definition) is 0. The third-order valence-corrected chi connectivity index (χ3v) is 4.19. The molecule has 0 atom stereocenters. The summed E-state index contributed by atoms with van der Waals surface area (Å²) < 4.78 is 21.1. The van der Waals surface area contributed by atoms with E-state index in [0.717, 1.165) is 11.3 Å². The fourth-order valence-corrected chi connectivity index (χ4v) is 2.67. The molecule has 3 rings (SSSR count). The molecule has 0 aliphatic carbocycles. The molecular formula is C22H19NO6. The van der Waals surface area contributed by atoms with Crippen LogP contribution in [-0.2, 0) is 0 Å². The molecule has 0 spiro atoms. The summed E-state index contributed by atoms with van der Waals surface area (Å²) in [6.45, 7) is 0. The first-order valence-electron chi connectivity index (χ1n) is 8.64. The smallest absolute Gasteiger partial charge is 0.349 e. The van der Waals surface area contributed by atoms with Crippen LogP contribution in [0.1, 0.15) is 20.7 Å². The van der Waals surface area contributed by atoms with E-state index in [1.807, 2.05) is 24.3 Å². The quantitative estimate of drug-likeness (QED) is 0.343. The Balaban J connectivity index is 1.88. The Morgan fingerprint density at radius 2 is 1.62 bits per heavy atom. The lowest BCUT2D eigenvalue weighted by atomic mass is 10.1. The van der Waals surface area contributed by atoms with Crippen LogP contribution in [0, 0.1) is 0 Å². The van der Waals surface area contributed by atoms with Crippen molar-refractivity contribution >= 4 is 12.3 Å². The molecule has 0 amide bonds. The maximum absolute atomic E-state index is 12.7. The number of nitrogens with zero attached hydrogens (tertiary/aromatic N) is 1. The van der Waals surface area contributed by atoms with Crippen molar-refractivity contribution < 1.29 is 28.5 Å². The third kappa shape index (κ3) is 4.35. The van der Waals surface area contributed by atoms with Gasteiger partial charge in [0, 0.05) is 11.1 Å². The molecule has 148 valence electrons. The highest BCUT2D eigenvalue weighted by molar-refractivity contribution is 5.94. The van der Waals surface area contributed by atoms with E-state index in [-0.39, 0.29) is 22.9 Å². The number of methoxy groups -OCH3 is 3. The summed E-state index contributed by atoms with van der Waals surface area (Å²) in [5, 5.41) is 0. The van der Waals surface area contributed by atoms with Crippen molar-refractivity contribution in [3.8, 4) is 34.4 Å². The van der Waals surface area contributed by atoms with E-state index >= 15 is 0 Å². The van der Waals surface area contributed by atoms with Gasteiger partial charge in [0.2, 0.25) is 5.88 Å². The summed E-state index contributed by atoms with van der Waals surface area (Å²) in [5.41, 5.74) is 2.04. The molecule has 1 aromatic heterocycles. The van der Waals surface area contributed by atoms with E-state index < -0.39 is 5.97 Å². The van der Waals surface area contributed by atoms with Crippen molar-refractivity contribution in [3.63, 3.8) is 0 Å². The fraction of sp³-hybridized carbons (Fsp3) is 0.136. The van der Waals surface area contributed by atoms with Crippen molar-refractivity contribution in [2.45, 2.75) is 0 Å². The zero-order valence-corrected chi connectivity index (χ0v) is 16.2. The SMILES string of the molecule is COc1ccc(-c2ccc(C(=O)Oc3ccc(C=O)cc3OC)c(OC)n2)cc1. The van der Waals surface area contributed by atoms with Crippen LogP contribution in [-0.4, -0.2) is 38.6 Å². The van der Waals surface area contributed by atoms with Gasteiger partial charge >= 0.3 is 5.97 Å². The minimum Gasteiger partial charge on any atom is -0.497 e. The van der Waals surface area contributed by atoms with E-state index in [1.165, 1.54) is 32.4 Å². The topological polar surface area (TPSA) is 84.0 Å². The van der Waals surface area contributed by atoms with Crippen LogP contribution >= 0.6 is 0 Å². The Hall–Kier alpha value is -3.87. The number of esters is 1. The molecule has 2 aromatic carbocycles. The summed E-state index contributed by atoms with van der Waals surface area (Å²) in [4.78, 5) is 28.0. The predicted octanol–water partition coefficient (Wildman–Crippen LogP) is 3.81. The zero-order valence-electron chi connectivity index (χ0n) is 16.2. The van der Waals surface area contributed by atoms with Crippen molar-refractivity contribution in [2.75, 3.05) is 21.3 Å². The third-order valence-electron chi connectivity index (χ3n) is 4.19. The number of rotatable bonds is 7. The van der Waals surface area contributed by atoms with Gasteiger partial charge in [0.15, 0.2) is 11.5 Å². The first kappa shape index (κ1) is 19.9. The Labute approximate surface area is 167 Å². The van der Waals surface area contributed by atoms with Gasteiger partial charge in [-0.1, -0.05) is 0 Å². The largest absolute Gasteiger partial charge is 0.497 e. The molecule has 0 saturated carbocycles. The Morgan fingerprint density at radius 1 is 0.862 bits per heavy atom. The number of carbonyl (C=O) groups is 2. The van der Waals surface area contributed by atoms with Crippen LogP contribution in [0.15, 0.2) is 54.6 Å². The van der Waals surface area contributed by atoms with Crippen LogP contribution in [0.5, 0.6) is 23.1 Å². The highest BCUT2D eigenvalue weighted by atomic mass is 16.6. The highest BCUT2D eigenvalue weighted by Crippen LogP contribution is 2.30. The van der Waals surface area contributed by atoms with Crippen molar-refractivity contribution in [3.05, 3.63) is 65.7 Å². The Kier molecular flexibility index (Phi) is 6.09. The first-order valence-corrected chi connectivity index (χ1v) is 8.64. The van der Waals surface area contributed by atoms with Gasteiger partial charge in [0.05, 0.1) is 27.0 Å². The van der Waals surface area contributed by atoms with Gasteiger partial charge in [0.1, 0.15) is 17.6 Å². The molecular weight excluding hydrogens is 374 g/mol. The molecule has 0 N–H and O–H groups in total. The standard InChI is InChI=1S/C22H19NO6/c1-26-16-7-5-15(6-8-16)18-10-9-17(21(23-18)28-3)22(25)29-19-11-4-14(13-24)12-20(19)27-2/h4-13H,1-3H3. The maximum Gasteiger partial charge on any atom is 0.349 e. The molecule has 0 unspecified atom stereocenters. The van der Waals surface area contributed by atoms with Gasteiger partial charge < -0.3 is 18.9 Å². The van der Waals surface area contributed by atoms with Gasteiger partial charge in [-0.25, -0.2) is 9.78 Å². The molecule has 0 bridgehead atoms. The van der Waals surface area contributed by atoms with Crippen LogP contribution in [0.3, 0.4) is 0 Å².